The molecule has 0 spiro atoms. The highest BCUT2D eigenvalue weighted by atomic mass is 32.2. The second kappa shape index (κ2) is 6.64. The van der Waals surface area contributed by atoms with E-state index in [2.05, 4.69) is 4.98 Å². The predicted octanol–water partition coefficient (Wildman–Crippen LogP) is 3.97. The molecule has 6 heteroatoms. The van der Waals surface area contributed by atoms with Crippen LogP contribution in [0.2, 0.25) is 0 Å². The molecule has 0 atom stereocenters. The molecule has 0 N–H and O–H groups in total. The Morgan fingerprint density at radius 3 is 2.04 bits per heavy atom. The standard InChI is InChI=1S/C19H16FNO3S/c1-24-18-12-11-17(13-5-9-16(10-6-13)25(2,22)23)19(21-18)14-3-7-15(20)8-4-14/h3-12H,1-2H3. The second-order valence-corrected chi connectivity index (χ2v) is 7.57. The molecular formula is C19H16FNO3S. The van der Waals surface area contributed by atoms with Crippen LogP contribution in [0.5, 0.6) is 5.88 Å². The maximum Gasteiger partial charge on any atom is 0.213 e. The lowest BCUT2D eigenvalue weighted by atomic mass is 9.99. The first-order valence-corrected chi connectivity index (χ1v) is 9.39. The Labute approximate surface area is 145 Å². The van der Waals surface area contributed by atoms with Gasteiger partial charge in [0.05, 0.1) is 17.7 Å². The number of halogens is 1. The Hall–Kier alpha value is -2.73. The van der Waals surface area contributed by atoms with E-state index >= 15 is 0 Å². The third-order valence-electron chi connectivity index (χ3n) is 3.79. The van der Waals surface area contributed by atoms with Crippen LogP contribution in [0.15, 0.2) is 65.6 Å². The van der Waals surface area contributed by atoms with Gasteiger partial charge in [-0.3, -0.25) is 0 Å². The normalized spacial score (nSPS) is 11.3. The smallest absolute Gasteiger partial charge is 0.213 e. The molecule has 3 rings (SSSR count). The van der Waals surface area contributed by atoms with Gasteiger partial charge in [0.25, 0.3) is 0 Å². The summed E-state index contributed by atoms with van der Waals surface area (Å²) in [5, 5.41) is 0. The van der Waals surface area contributed by atoms with E-state index in [0.29, 0.717) is 11.6 Å². The van der Waals surface area contributed by atoms with Crippen LogP contribution in [0, 0.1) is 5.82 Å². The molecule has 0 radical (unpaired) electrons. The van der Waals surface area contributed by atoms with E-state index in [-0.39, 0.29) is 10.7 Å². The SMILES string of the molecule is COc1ccc(-c2ccc(S(C)(=O)=O)cc2)c(-c2ccc(F)cc2)n1. The van der Waals surface area contributed by atoms with Crippen molar-refractivity contribution in [1.82, 2.24) is 4.98 Å². The van der Waals surface area contributed by atoms with Crippen molar-refractivity contribution in [3.05, 3.63) is 66.5 Å². The molecular weight excluding hydrogens is 341 g/mol. The Morgan fingerprint density at radius 2 is 1.48 bits per heavy atom. The molecule has 0 amide bonds. The van der Waals surface area contributed by atoms with Gasteiger partial charge in [-0.25, -0.2) is 17.8 Å². The van der Waals surface area contributed by atoms with Crippen LogP contribution in [0.25, 0.3) is 22.4 Å². The largest absolute Gasteiger partial charge is 0.481 e. The molecule has 0 saturated heterocycles. The summed E-state index contributed by atoms with van der Waals surface area (Å²) in [6, 6.07) is 16.2. The van der Waals surface area contributed by atoms with Crippen LogP contribution in [0.3, 0.4) is 0 Å². The molecule has 0 fully saturated rings. The first-order chi connectivity index (χ1) is 11.9. The zero-order valence-corrected chi connectivity index (χ0v) is 14.5. The van der Waals surface area contributed by atoms with E-state index < -0.39 is 9.84 Å². The maximum absolute atomic E-state index is 13.2. The fourth-order valence-electron chi connectivity index (χ4n) is 2.50. The Balaban J connectivity index is 2.14. The van der Waals surface area contributed by atoms with Crippen molar-refractivity contribution in [2.75, 3.05) is 13.4 Å². The molecule has 128 valence electrons. The van der Waals surface area contributed by atoms with E-state index in [1.54, 1.807) is 42.5 Å². The van der Waals surface area contributed by atoms with Crippen LogP contribution in [-0.2, 0) is 9.84 Å². The molecule has 2 aromatic carbocycles. The second-order valence-electron chi connectivity index (χ2n) is 5.55. The summed E-state index contributed by atoms with van der Waals surface area (Å²) in [5.74, 6) is 0.113. The van der Waals surface area contributed by atoms with Crippen molar-refractivity contribution in [3.63, 3.8) is 0 Å². The third-order valence-corrected chi connectivity index (χ3v) is 4.92. The van der Waals surface area contributed by atoms with Crippen molar-refractivity contribution in [2.45, 2.75) is 4.90 Å². The van der Waals surface area contributed by atoms with E-state index in [1.807, 2.05) is 6.07 Å². The molecule has 0 aliphatic heterocycles. The Bertz CT molecular complexity index is 998. The number of rotatable bonds is 4. The van der Waals surface area contributed by atoms with E-state index in [1.165, 1.54) is 25.5 Å². The molecule has 0 aliphatic rings. The van der Waals surface area contributed by atoms with Crippen molar-refractivity contribution < 1.29 is 17.5 Å². The first kappa shape index (κ1) is 17.1. The molecule has 0 unspecified atom stereocenters. The van der Waals surface area contributed by atoms with Crippen molar-refractivity contribution >= 4 is 9.84 Å². The minimum Gasteiger partial charge on any atom is -0.481 e. The average Bonchev–Trinajstić information content (AvgIpc) is 2.61. The minimum absolute atomic E-state index is 0.251. The summed E-state index contributed by atoms with van der Waals surface area (Å²) in [4.78, 5) is 4.73. The molecule has 1 aromatic heterocycles. The highest BCUT2D eigenvalue weighted by molar-refractivity contribution is 7.90. The van der Waals surface area contributed by atoms with Gasteiger partial charge in [0.2, 0.25) is 5.88 Å². The number of hydrogen-bond donors (Lipinski definition) is 0. The lowest BCUT2D eigenvalue weighted by Crippen LogP contribution is -1.97. The summed E-state index contributed by atoms with van der Waals surface area (Å²) in [6.45, 7) is 0. The molecule has 0 aliphatic carbocycles. The molecule has 3 aromatic rings. The monoisotopic (exact) mass is 357 g/mol. The third kappa shape index (κ3) is 3.69. The summed E-state index contributed by atoms with van der Waals surface area (Å²) < 4.78 is 41.7. The number of ether oxygens (including phenoxy) is 1. The van der Waals surface area contributed by atoms with Gasteiger partial charge in [0.15, 0.2) is 9.84 Å². The minimum atomic E-state index is -3.26. The number of benzene rings is 2. The lowest BCUT2D eigenvalue weighted by Gasteiger charge is -2.11. The molecule has 0 bridgehead atoms. The number of pyridine rings is 1. The lowest BCUT2D eigenvalue weighted by molar-refractivity contribution is 0.398. The van der Waals surface area contributed by atoms with Gasteiger partial charge in [-0.1, -0.05) is 12.1 Å². The molecule has 25 heavy (non-hydrogen) atoms. The van der Waals surface area contributed by atoms with Gasteiger partial charge in [0, 0.05) is 23.4 Å². The summed E-state index contributed by atoms with van der Waals surface area (Å²) in [7, 11) is -1.73. The topological polar surface area (TPSA) is 56.3 Å². The van der Waals surface area contributed by atoms with Gasteiger partial charge in [0.1, 0.15) is 5.82 Å². The fraction of sp³-hybridized carbons (Fsp3) is 0.105. The first-order valence-electron chi connectivity index (χ1n) is 7.50. The number of hydrogen-bond acceptors (Lipinski definition) is 4. The van der Waals surface area contributed by atoms with Gasteiger partial charge in [-0.2, -0.15) is 0 Å². The highest BCUT2D eigenvalue weighted by Gasteiger charge is 2.13. The number of sulfone groups is 1. The zero-order valence-electron chi connectivity index (χ0n) is 13.7. The van der Waals surface area contributed by atoms with Crippen LogP contribution in [0.4, 0.5) is 4.39 Å². The van der Waals surface area contributed by atoms with E-state index in [4.69, 9.17) is 4.74 Å². The molecule has 4 nitrogen and oxygen atoms in total. The number of nitrogens with zero attached hydrogens (tertiary/aromatic N) is 1. The van der Waals surface area contributed by atoms with Crippen LogP contribution < -0.4 is 4.74 Å². The molecule has 0 saturated carbocycles. The number of aromatic nitrogens is 1. The van der Waals surface area contributed by atoms with Crippen LogP contribution >= 0.6 is 0 Å². The Kier molecular flexibility index (Phi) is 4.55. The van der Waals surface area contributed by atoms with Crippen molar-refractivity contribution in [2.24, 2.45) is 0 Å². The van der Waals surface area contributed by atoms with E-state index in [9.17, 15) is 12.8 Å². The fourth-order valence-corrected chi connectivity index (χ4v) is 3.13. The van der Waals surface area contributed by atoms with Crippen LogP contribution in [-0.4, -0.2) is 26.8 Å². The van der Waals surface area contributed by atoms with Crippen LogP contribution in [0.1, 0.15) is 0 Å². The van der Waals surface area contributed by atoms with Gasteiger partial charge in [-0.15, -0.1) is 0 Å². The summed E-state index contributed by atoms with van der Waals surface area (Å²) in [5.41, 5.74) is 2.98. The van der Waals surface area contributed by atoms with Crippen molar-refractivity contribution in [3.8, 4) is 28.3 Å². The Morgan fingerprint density at radius 1 is 0.880 bits per heavy atom. The quantitative estimate of drug-likeness (QED) is 0.709. The zero-order chi connectivity index (χ0) is 18.0. The number of methoxy groups -OCH3 is 1. The summed E-state index contributed by atoms with van der Waals surface area (Å²) >= 11 is 0. The van der Waals surface area contributed by atoms with Crippen molar-refractivity contribution in [1.29, 1.82) is 0 Å². The summed E-state index contributed by atoms with van der Waals surface area (Å²) in [6.07, 6.45) is 1.17. The van der Waals surface area contributed by atoms with E-state index in [0.717, 1.165) is 16.7 Å². The highest BCUT2D eigenvalue weighted by Crippen LogP contribution is 2.33. The predicted molar refractivity (Wildman–Crippen MR) is 94.7 cm³/mol. The molecule has 1 heterocycles. The maximum atomic E-state index is 13.2. The average molecular weight is 357 g/mol. The van der Waals surface area contributed by atoms with Gasteiger partial charge >= 0.3 is 0 Å². The van der Waals surface area contributed by atoms with Gasteiger partial charge in [-0.05, 0) is 48.0 Å². The van der Waals surface area contributed by atoms with Gasteiger partial charge < -0.3 is 4.74 Å².